The number of halogens is 2. The molecule has 13 heavy (non-hydrogen) atoms. The Balaban J connectivity index is 2.53. The second-order valence-electron chi connectivity index (χ2n) is 2.03. The van der Waals surface area contributed by atoms with E-state index in [1.807, 2.05) is 22.6 Å². The van der Waals surface area contributed by atoms with Crippen molar-refractivity contribution in [2.75, 3.05) is 0 Å². The molecule has 0 aliphatic carbocycles. The van der Waals surface area contributed by atoms with E-state index in [9.17, 15) is 4.39 Å². The monoisotopic (exact) mass is 289 g/mol. The van der Waals surface area contributed by atoms with Crippen LogP contribution in [0.4, 0.5) is 4.39 Å². The summed E-state index contributed by atoms with van der Waals surface area (Å²) < 4.78 is 15.0. The highest BCUT2D eigenvalue weighted by atomic mass is 127. The maximum Gasteiger partial charge on any atom is 0.159 e. The van der Waals surface area contributed by atoms with Gasteiger partial charge in [-0.15, -0.1) is 0 Å². The standard InChI is InChI=1S/C8H5FIN3/c9-7-4-12-8(13-5-7)6-11-3-1-2-10/h3-5H,6H2. The van der Waals surface area contributed by atoms with Gasteiger partial charge >= 0.3 is 0 Å². The number of aliphatic imine (C=N–C) groups is 1. The highest BCUT2D eigenvalue weighted by Gasteiger charge is 1.93. The van der Waals surface area contributed by atoms with E-state index in [-0.39, 0.29) is 0 Å². The van der Waals surface area contributed by atoms with Gasteiger partial charge in [-0.2, -0.15) is 0 Å². The number of rotatable bonds is 2. The fourth-order valence-electron chi connectivity index (χ4n) is 0.618. The predicted octanol–water partition coefficient (Wildman–Crippen LogP) is 1.58. The van der Waals surface area contributed by atoms with Crippen molar-refractivity contribution in [3.8, 4) is 9.85 Å². The molecule has 0 saturated heterocycles. The molecule has 0 bridgehead atoms. The number of hydrogen-bond acceptors (Lipinski definition) is 3. The minimum Gasteiger partial charge on any atom is -0.276 e. The highest BCUT2D eigenvalue weighted by molar-refractivity contribution is 14.1. The van der Waals surface area contributed by atoms with E-state index in [0.717, 1.165) is 12.4 Å². The first kappa shape index (κ1) is 10.1. The topological polar surface area (TPSA) is 38.1 Å². The van der Waals surface area contributed by atoms with Crippen LogP contribution in [-0.4, -0.2) is 16.2 Å². The number of hydrogen-bond donors (Lipinski definition) is 0. The van der Waals surface area contributed by atoms with Crippen LogP contribution in [0.5, 0.6) is 0 Å². The van der Waals surface area contributed by atoms with Gasteiger partial charge < -0.3 is 0 Å². The van der Waals surface area contributed by atoms with Gasteiger partial charge in [0.15, 0.2) is 5.82 Å². The first-order chi connectivity index (χ1) is 6.33. The fraction of sp³-hybridized carbons (Fsp3) is 0.125. The summed E-state index contributed by atoms with van der Waals surface area (Å²) >= 11 is 1.91. The second kappa shape index (κ2) is 5.59. The van der Waals surface area contributed by atoms with Crippen LogP contribution >= 0.6 is 22.6 Å². The molecule has 0 radical (unpaired) electrons. The van der Waals surface area contributed by atoms with E-state index in [1.165, 1.54) is 6.21 Å². The molecular formula is C8H5FIN3. The van der Waals surface area contributed by atoms with Crippen molar-refractivity contribution in [3.05, 3.63) is 24.0 Å². The lowest BCUT2D eigenvalue weighted by atomic mass is 10.5. The molecule has 0 aliphatic rings. The Labute approximate surface area is 88.7 Å². The summed E-state index contributed by atoms with van der Waals surface area (Å²) in [6, 6.07) is 0. The van der Waals surface area contributed by atoms with E-state index in [0.29, 0.717) is 12.4 Å². The van der Waals surface area contributed by atoms with Crippen molar-refractivity contribution in [2.24, 2.45) is 4.99 Å². The van der Waals surface area contributed by atoms with E-state index >= 15 is 0 Å². The molecule has 1 aromatic heterocycles. The second-order valence-corrected chi connectivity index (χ2v) is 2.57. The third-order valence-corrected chi connectivity index (χ3v) is 1.43. The van der Waals surface area contributed by atoms with Gasteiger partial charge in [0, 0.05) is 22.6 Å². The number of nitrogens with zero attached hydrogens (tertiary/aromatic N) is 3. The summed E-state index contributed by atoms with van der Waals surface area (Å²) in [4.78, 5) is 11.4. The van der Waals surface area contributed by atoms with Crippen LogP contribution in [0, 0.1) is 15.7 Å². The highest BCUT2D eigenvalue weighted by Crippen LogP contribution is 1.93. The molecule has 1 aromatic rings. The van der Waals surface area contributed by atoms with E-state index in [1.54, 1.807) is 0 Å². The molecule has 66 valence electrons. The first-order valence-electron chi connectivity index (χ1n) is 3.39. The van der Waals surface area contributed by atoms with Crippen LogP contribution in [0.15, 0.2) is 17.4 Å². The van der Waals surface area contributed by atoms with Crippen molar-refractivity contribution in [1.29, 1.82) is 0 Å². The molecule has 3 nitrogen and oxygen atoms in total. The van der Waals surface area contributed by atoms with Crippen LogP contribution in [0.2, 0.25) is 0 Å². The molecule has 0 aromatic carbocycles. The van der Waals surface area contributed by atoms with Crippen molar-refractivity contribution in [2.45, 2.75) is 6.54 Å². The van der Waals surface area contributed by atoms with Gasteiger partial charge in [0.1, 0.15) is 5.82 Å². The smallest absolute Gasteiger partial charge is 0.159 e. The van der Waals surface area contributed by atoms with Gasteiger partial charge in [0.05, 0.1) is 25.2 Å². The number of aromatic nitrogens is 2. The van der Waals surface area contributed by atoms with Crippen molar-refractivity contribution in [3.63, 3.8) is 0 Å². The quantitative estimate of drug-likeness (QED) is 0.471. The minimum atomic E-state index is -0.445. The zero-order chi connectivity index (χ0) is 9.52. The largest absolute Gasteiger partial charge is 0.276 e. The van der Waals surface area contributed by atoms with Gasteiger partial charge in [-0.3, -0.25) is 4.99 Å². The first-order valence-corrected chi connectivity index (χ1v) is 4.46. The molecule has 0 saturated carbocycles. The van der Waals surface area contributed by atoms with Crippen molar-refractivity contribution < 1.29 is 4.39 Å². The van der Waals surface area contributed by atoms with E-state index < -0.39 is 5.82 Å². The summed E-state index contributed by atoms with van der Waals surface area (Å²) in [5, 5.41) is 0. The van der Waals surface area contributed by atoms with Crippen molar-refractivity contribution in [1.82, 2.24) is 9.97 Å². The Morgan fingerprint density at radius 2 is 2.23 bits per heavy atom. The Hall–Kier alpha value is -1.03. The zero-order valence-electron chi connectivity index (χ0n) is 6.54. The zero-order valence-corrected chi connectivity index (χ0v) is 8.69. The van der Waals surface area contributed by atoms with Gasteiger partial charge in [0.2, 0.25) is 0 Å². The lowest BCUT2D eigenvalue weighted by Gasteiger charge is -1.91. The predicted molar refractivity (Wildman–Crippen MR) is 56.0 cm³/mol. The molecule has 0 unspecified atom stereocenters. The Kier molecular flexibility index (Phi) is 4.32. The fourth-order valence-corrected chi connectivity index (χ4v) is 0.757. The maximum atomic E-state index is 12.3. The molecule has 1 rings (SSSR count). The molecule has 5 heteroatoms. The normalized spacial score (nSPS) is 9.69. The van der Waals surface area contributed by atoms with Crippen LogP contribution in [-0.2, 0) is 6.54 Å². The summed E-state index contributed by atoms with van der Waals surface area (Å²) in [5.74, 6) is 2.68. The average molecular weight is 289 g/mol. The molecule has 0 N–H and O–H groups in total. The molecular weight excluding hydrogens is 284 g/mol. The molecule has 0 spiro atoms. The minimum absolute atomic E-state index is 0.325. The lowest BCUT2D eigenvalue weighted by Crippen LogP contribution is -1.93. The van der Waals surface area contributed by atoms with Gasteiger partial charge in [0.25, 0.3) is 0 Å². The summed E-state index contributed by atoms with van der Waals surface area (Å²) in [6.45, 7) is 0.325. The lowest BCUT2D eigenvalue weighted by molar-refractivity contribution is 0.608. The Morgan fingerprint density at radius 1 is 1.54 bits per heavy atom. The average Bonchev–Trinajstić information content (AvgIpc) is 2.15. The summed E-state index contributed by atoms with van der Waals surface area (Å²) in [6.07, 6.45) is 3.70. The Bertz CT molecular complexity index is 350. The van der Waals surface area contributed by atoms with E-state index in [2.05, 4.69) is 24.8 Å². The molecule has 0 aliphatic heterocycles. The Morgan fingerprint density at radius 3 is 2.85 bits per heavy atom. The maximum absolute atomic E-state index is 12.3. The molecule has 0 amide bonds. The SMILES string of the molecule is Fc1cnc(CN=CC#CI)nc1. The summed E-state index contributed by atoms with van der Waals surface area (Å²) in [5.41, 5.74) is 0. The molecule has 1 heterocycles. The summed E-state index contributed by atoms with van der Waals surface area (Å²) in [7, 11) is 0. The van der Waals surface area contributed by atoms with Crippen LogP contribution in [0.1, 0.15) is 5.82 Å². The van der Waals surface area contributed by atoms with Gasteiger partial charge in [-0.05, 0) is 9.85 Å². The molecule has 0 atom stereocenters. The van der Waals surface area contributed by atoms with E-state index in [4.69, 9.17) is 0 Å². The van der Waals surface area contributed by atoms with Gasteiger partial charge in [-0.1, -0.05) is 0 Å². The third-order valence-electron chi connectivity index (χ3n) is 1.12. The van der Waals surface area contributed by atoms with Crippen molar-refractivity contribution >= 4 is 28.8 Å². The van der Waals surface area contributed by atoms with Crippen LogP contribution in [0.3, 0.4) is 0 Å². The molecule has 0 fully saturated rings. The van der Waals surface area contributed by atoms with Crippen LogP contribution < -0.4 is 0 Å². The third kappa shape index (κ3) is 3.94. The van der Waals surface area contributed by atoms with Crippen LogP contribution in [0.25, 0.3) is 0 Å². The van der Waals surface area contributed by atoms with Gasteiger partial charge in [-0.25, -0.2) is 14.4 Å².